The SMILES string of the molecule is CC(C)c1cc2c(cc1OC1(C)CNC1)N1C(=NNC(=O)[C@@H]1C)CO2. The second-order valence-electron chi connectivity index (χ2n) is 7.51. The van der Waals surface area contributed by atoms with Crippen LogP contribution >= 0.6 is 0 Å². The highest BCUT2D eigenvalue weighted by Crippen LogP contribution is 2.43. The minimum Gasteiger partial charge on any atom is -0.485 e. The van der Waals surface area contributed by atoms with Gasteiger partial charge in [0.2, 0.25) is 0 Å². The van der Waals surface area contributed by atoms with Crippen molar-refractivity contribution in [1.29, 1.82) is 0 Å². The molecule has 0 unspecified atom stereocenters. The number of rotatable bonds is 3. The summed E-state index contributed by atoms with van der Waals surface area (Å²) in [6.07, 6.45) is 0. The molecule has 2 N–H and O–H groups in total. The van der Waals surface area contributed by atoms with Crippen LogP contribution in [0, 0.1) is 0 Å². The molecule has 3 aliphatic rings. The molecule has 4 rings (SSSR count). The molecular formula is C18H24N4O3. The monoisotopic (exact) mass is 344 g/mol. The lowest BCUT2D eigenvalue weighted by Gasteiger charge is -2.42. The quantitative estimate of drug-likeness (QED) is 0.871. The van der Waals surface area contributed by atoms with Crippen molar-refractivity contribution >= 4 is 17.4 Å². The van der Waals surface area contributed by atoms with Gasteiger partial charge in [0.25, 0.3) is 5.91 Å². The first-order valence-corrected chi connectivity index (χ1v) is 8.74. The number of carbonyl (C=O) groups excluding carboxylic acids is 1. The van der Waals surface area contributed by atoms with Crippen molar-refractivity contribution in [2.24, 2.45) is 5.10 Å². The molecule has 1 saturated heterocycles. The van der Waals surface area contributed by atoms with E-state index in [0.29, 0.717) is 18.4 Å². The molecule has 1 aromatic carbocycles. The smallest absolute Gasteiger partial charge is 0.262 e. The van der Waals surface area contributed by atoms with Gasteiger partial charge in [-0.1, -0.05) is 13.8 Å². The molecule has 0 radical (unpaired) electrons. The summed E-state index contributed by atoms with van der Waals surface area (Å²) in [5.74, 6) is 2.51. The van der Waals surface area contributed by atoms with Crippen molar-refractivity contribution < 1.29 is 14.3 Å². The zero-order valence-corrected chi connectivity index (χ0v) is 15.0. The number of nitrogens with zero attached hydrogens (tertiary/aromatic N) is 2. The fraction of sp³-hybridized carbons (Fsp3) is 0.556. The van der Waals surface area contributed by atoms with Gasteiger partial charge in [0, 0.05) is 24.7 Å². The molecule has 0 aromatic heterocycles. The molecule has 0 saturated carbocycles. The van der Waals surface area contributed by atoms with E-state index in [-0.39, 0.29) is 17.6 Å². The highest BCUT2D eigenvalue weighted by molar-refractivity contribution is 6.09. The minimum absolute atomic E-state index is 0.123. The Morgan fingerprint density at radius 3 is 2.80 bits per heavy atom. The molecule has 1 fully saturated rings. The number of hydrogen-bond donors (Lipinski definition) is 2. The highest BCUT2D eigenvalue weighted by atomic mass is 16.5. The van der Waals surface area contributed by atoms with Gasteiger partial charge in [-0.3, -0.25) is 4.79 Å². The van der Waals surface area contributed by atoms with E-state index in [1.807, 2.05) is 24.0 Å². The lowest BCUT2D eigenvalue weighted by Crippen LogP contribution is -2.61. The van der Waals surface area contributed by atoms with Crippen molar-refractivity contribution in [2.75, 3.05) is 24.6 Å². The van der Waals surface area contributed by atoms with Crippen LogP contribution in [0.3, 0.4) is 0 Å². The minimum atomic E-state index is -0.339. The second kappa shape index (κ2) is 5.62. The normalized spacial score (nSPS) is 23.7. The maximum absolute atomic E-state index is 12.1. The summed E-state index contributed by atoms with van der Waals surface area (Å²) in [5.41, 5.74) is 4.30. The van der Waals surface area contributed by atoms with Crippen LogP contribution in [0.15, 0.2) is 17.2 Å². The maximum atomic E-state index is 12.1. The highest BCUT2D eigenvalue weighted by Gasteiger charge is 2.38. The third-order valence-corrected chi connectivity index (χ3v) is 5.02. The largest absolute Gasteiger partial charge is 0.485 e. The molecule has 3 heterocycles. The summed E-state index contributed by atoms with van der Waals surface area (Å²) >= 11 is 0. The van der Waals surface area contributed by atoms with E-state index in [2.05, 4.69) is 36.6 Å². The van der Waals surface area contributed by atoms with Gasteiger partial charge in [-0.2, -0.15) is 5.10 Å². The Labute approximate surface area is 147 Å². The van der Waals surface area contributed by atoms with Gasteiger partial charge in [-0.05, 0) is 25.8 Å². The Morgan fingerprint density at radius 1 is 1.40 bits per heavy atom. The molecule has 0 aliphatic carbocycles. The van der Waals surface area contributed by atoms with Crippen LogP contribution in [0.1, 0.15) is 39.2 Å². The van der Waals surface area contributed by atoms with Gasteiger partial charge in [0.15, 0.2) is 5.84 Å². The van der Waals surface area contributed by atoms with E-state index in [9.17, 15) is 4.79 Å². The fourth-order valence-electron chi connectivity index (χ4n) is 3.42. The predicted octanol–water partition coefficient (Wildman–Crippen LogP) is 1.58. The topological polar surface area (TPSA) is 75.2 Å². The Balaban J connectivity index is 1.79. The number of benzene rings is 1. The lowest BCUT2D eigenvalue weighted by atomic mass is 9.97. The second-order valence-corrected chi connectivity index (χ2v) is 7.51. The number of ether oxygens (including phenoxy) is 2. The van der Waals surface area contributed by atoms with E-state index in [1.54, 1.807) is 0 Å². The zero-order chi connectivity index (χ0) is 17.8. The Hall–Kier alpha value is -2.28. The standard InChI is InChI=1S/C18H24N4O3/c1-10(2)12-5-15-13(6-14(12)25-18(4)8-19-9-18)22-11(3)17(23)21-20-16(22)7-24-15/h5-6,10-11,19H,7-9H2,1-4H3,(H,21,23)/t11-/m0/s1. The number of fused-ring (bicyclic) bond motifs is 3. The van der Waals surface area contributed by atoms with Crippen LogP contribution in [-0.2, 0) is 4.79 Å². The Bertz CT molecular complexity index is 755. The molecule has 1 aromatic rings. The molecule has 25 heavy (non-hydrogen) atoms. The van der Waals surface area contributed by atoms with Crippen LogP contribution in [-0.4, -0.2) is 43.1 Å². The molecule has 7 heteroatoms. The van der Waals surface area contributed by atoms with Crippen molar-refractivity contribution in [2.45, 2.75) is 45.3 Å². The van der Waals surface area contributed by atoms with Crippen LogP contribution in [0.5, 0.6) is 11.5 Å². The van der Waals surface area contributed by atoms with Gasteiger partial charge in [-0.15, -0.1) is 0 Å². The van der Waals surface area contributed by atoms with E-state index in [4.69, 9.17) is 9.47 Å². The summed E-state index contributed by atoms with van der Waals surface area (Å²) in [7, 11) is 0. The molecule has 3 aliphatic heterocycles. The van der Waals surface area contributed by atoms with E-state index >= 15 is 0 Å². The van der Waals surface area contributed by atoms with Gasteiger partial charge >= 0.3 is 0 Å². The number of hydrazone groups is 1. The Morgan fingerprint density at radius 2 is 2.16 bits per heavy atom. The van der Waals surface area contributed by atoms with E-state index < -0.39 is 0 Å². The first kappa shape index (κ1) is 16.2. The molecule has 0 bridgehead atoms. The van der Waals surface area contributed by atoms with Gasteiger partial charge < -0.3 is 19.7 Å². The third-order valence-electron chi connectivity index (χ3n) is 5.02. The third kappa shape index (κ3) is 2.63. The van der Waals surface area contributed by atoms with Crippen LogP contribution < -0.4 is 25.1 Å². The maximum Gasteiger partial charge on any atom is 0.262 e. The number of carbonyl (C=O) groups is 1. The molecule has 0 spiro atoms. The van der Waals surface area contributed by atoms with Crippen molar-refractivity contribution in [3.05, 3.63) is 17.7 Å². The van der Waals surface area contributed by atoms with Crippen molar-refractivity contribution in [3.8, 4) is 11.5 Å². The van der Waals surface area contributed by atoms with Gasteiger partial charge in [0.1, 0.15) is 29.7 Å². The average Bonchev–Trinajstić information content (AvgIpc) is 2.55. The van der Waals surface area contributed by atoms with Crippen LogP contribution in [0.4, 0.5) is 5.69 Å². The van der Waals surface area contributed by atoms with Gasteiger partial charge in [-0.25, -0.2) is 5.43 Å². The number of anilines is 1. The van der Waals surface area contributed by atoms with Crippen LogP contribution in [0.25, 0.3) is 0 Å². The number of nitrogens with one attached hydrogen (secondary N) is 2. The summed E-state index contributed by atoms with van der Waals surface area (Å²) in [6, 6.07) is 3.70. The Kier molecular flexibility index (Phi) is 3.64. The van der Waals surface area contributed by atoms with Gasteiger partial charge in [0.05, 0.1) is 5.69 Å². The lowest BCUT2D eigenvalue weighted by molar-refractivity contribution is -0.122. The fourth-order valence-corrected chi connectivity index (χ4v) is 3.42. The summed E-state index contributed by atoms with van der Waals surface area (Å²) in [4.78, 5) is 14.0. The molecular weight excluding hydrogens is 320 g/mol. The first-order chi connectivity index (χ1) is 11.9. The van der Waals surface area contributed by atoms with E-state index in [1.165, 1.54) is 0 Å². The molecule has 1 atom stereocenters. The number of amidine groups is 1. The van der Waals surface area contributed by atoms with Crippen LogP contribution in [0.2, 0.25) is 0 Å². The summed E-state index contributed by atoms with van der Waals surface area (Å²) in [6.45, 7) is 10.3. The number of hydrogen-bond acceptors (Lipinski definition) is 6. The zero-order valence-electron chi connectivity index (χ0n) is 15.0. The first-order valence-electron chi connectivity index (χ1n) is 8.74. The number of amides is 1. The van der Waals surface area contributed by atoms with Crippen molar-refractivity contribution in [3.63, 3.8) is 0 Å². The van der Waals surface area contributed by atoms with Crippen molar-refractivity contribution in [1.82, 2.24) is 10.7 Å². The summed E-state index contributed by atoms with van der Waals surface area (Å²) < 4.78 is 12.3. The average molecular weight is 344 g/mol. The molecule has 134 valence electrons. The van der Waals surface area contributed by atoms with E-state index in [0.717, 1.165) is 35.8 Å². The summed E-state index contributed by atoms with van der Waals surface area (Å²) in [5, 5.41) is 7.40. The molecule has 7 nitrogen and oxygen atoms in total. The molecule has 1 amide bonds. The predicted molar refractivity (Wildman–Crippen MR) is 95.4 cm³/mol.